The van der Waals surface area contributed by atoms with Crippen molar-refractivity contribution in [2.24, 2.45) is 5.10 Å². The molecule has 0 aromatic heterocycles. The van der Waals surface area contributed by atoms with Crippen molar-refractivity contribution in [2.75, 3.05) is 6.61 Å². The van der Waals surface area contributed by atoms with Gasteiger partial charge in [-0.25, -0.2) is 10.2 Å². The van der Waals surface area contributed by atoms with E-state index in [2.05, 4.69) is 42.4 Å². The van der Waals surface area contributed by atoms with Crippen LogP contribution >= 0.6 is 31.9 Å². The molecule has 3 aromatic carbocycles. The molecule has 0 aliphatic heterocycles. The van der Waals surface area contributed by atoms with Gasteiger partial charge >= 0.3 is 5.97 Å². The number of rotatable bonds is 9. The van der Waals surface area contributed by atoms with Crippen LogP contribution in [0.3, 0.4) is 0 Å². The smallest absolute Gasteiger partial charge is 0.343 e. The average molecular weight is 590 g/mol. The van der Waals surface area contributed by atoms with Gasteiger partial charge in [0.15, 0.2) is 6.10 Å². The highest BCUT2D eigenvalue weighted by Gasteiger charge is 2.15. The number of carbonyl (C=O) groups is 2. The van der Waals surface area contributed by atoms with Crippen molar-refractivity contribution in [1.29, 1.82) is 0 Å². The Balaban J connectivity index is 1.64. The summed E-state index contributed by atoms with van der Waals surface area (Å²) in [4.78, 5) is 24.9. The number of nitrogens with one attached hydrogen (secondary N) is 1. The van der Waals surface area contributed by atoms with Gasteiger partial charge in [-0.2, -0.15) is 5.10 Å². The van der Waals surface area contributed by atoms with Crippen LogP contribution in [0, 0.1) is 0 Å². The van der Waals surface area contributed by atoms with E-state index in [9.17, 15) is 9.59 Å². The molecule has 3 rings (SSSR count). The molecular formula is C25H22Br2N2O5. The van der Waals surface area contributed by atoms with Crippen molar-refractivity contribution in [3.8, 4) is 17.2 Å². The van der Waals surface area contributed by atoms with Crippen LogP contribution in [0.4, 0.5) is 0 Å². The summed E-state index contributed by atoms with van der Waals surface area (Å²) in [6.45, 7) is 4.05. The summed E-state index contributed by atoms with van der Waals surface area (Å²) in [5, 5.41) is 3.99. The molecule has 0 aliphatic carbocycles. The summed E-state index contributed by atoms with van der Waals surface area (Å²) < 4.78 is 18.2. The Labute approximate surface area is 214 Å². The van der Waals surface area contributed by atoms with Crippen molar-refractivity contribution >= 4 is 50.0 Å². The Morgan fingerprint density at radius 1 is 0.971 bits per heavy atom. The van der Waals surface area contributed by atoms with E-state index in [1.807, 2.05) is 19.1 Å². The third-order valence-electron chi connectivity index (χ3n) is 4.45. The molecule has 0 saturated carbocycles. The maximum Gasteiger partial charge on any atom is 0.343 e. The zero-order valence-electron chi connectivity index (χ0n) is 18.5. The van der Waals surface area contributed by atoms with Gasteiger partial charge in [0.05, 0.1) is 18.4 Å². The van der Waals surface area contributed by atoms with E-state index in [0.29, 0.717) is 35.0 Å². The minimum atomic E-state index is -0.766. The zero-order valence-corrected chi connectivity index (χ0v) is 21.6. The molecule has 176 valence electrons. The quantitative estimate of drug-likeness (QED) is 0.149. The van der Waals surface area contributed by atoms with Crippen LogP contribution in [0.1, 0.15) is 29.8 Å². The molecule has 0 aliphatic rings. The number of esters is 1. The van der Waals surface area contributed by atoms with Gasteiger partial charge in [0.25, 0.3) is 5.91 Å². The highest BCUT2D eigenvalue weighted by Crippen LogP contribution is 2.23. The fraction of sp³-hybridized carbons (Fsp3) is 0.160. The summed E-state index contributed by atoms with van der Waals surface area (Å²) in [7, 11) is 0. The van der Waals surface area contributed by atoms with Crippen molar-refractivity contribution in [1.82, 2.24) is 5.43 Å². The highest BCUT2D eigenvalue weighted by atomic mass is 79.9. The number of ether oxygens (including phenoxy) is 3. The third-order valence-corrected chi connectivity index (χ3v) is 5.47. The lowest BCUT2D eigenvalue weighted by Gasteiger charge is -2.13. The molecule has 7 nitrogen and oxygen atoms in total. The fourth-order valence-electron chi connectivity index (χ4n) is 2.75. The van der Waals surface area contributed by atoms with Crippen molar-refractivity contribution in [3.05, 3.63) is 86.8 Å². The van der Waals surface area contributed by atoms with Crippen molar-refractivity contribution in [2.45, 2.75) is 20.0 Å². The van der Waals surface area contributed by atoms with Crippen LogP contribution < -0.4 is 19.6 Å². The molecule has 3 aromatic rings. The summed E-state index contributed by atoms with van der Waals surface area (Å²) in [5.41, 5.74) is 3.31. The molecule has 1 amide bonds. The van der Waals surface area contributed by atoms with Crippen molar-refractivity contribution < 1.29 is 23.8 Å². The van der Waals surface area contributed by atoms with Gasteiger partial charge < -0.3 is 14.2 Å². The zero-order chi connectivity index (χ0) is 24.5. The van der Waals surface area contributed by atoms with Crippen molar-refractivity contribution in [3.63, 3.8) is 0 Å². The first kappa shape index (κ1) is 25.5. The van der Waals surface area contributed by atoms with Crippen LogP contribution in [0.2, 0.25) is 0 Å². The lowest BCUT2D eigenvalue weighted by molar-refractivity contribution is -0.127. The lowest BCUT2D eigenvalue weighted by Crippen LogP contribution is -2.33. The number of carbonyl (C=O) groups excluding carboxylic acids is 2. The predicted molar refractivity (Wildman–Crippen MR) is 137 cm³/mol. The molecule has 1 N–H and O–H groups in total. The first-order valence-electron chi connectivity index (χ1n) is 10.4. The Morgan fingerprint density at radius 3 is 2.29 bits per heavy atom. The van der Waals surface area contributed by atoms with Crippen LogP contribution in [0.5, 0.6) is 17.2 Å². The maximum atomic E-state index is 12.6. The fourth-order valence-corrected chi connectivity index (χ4v) is 3.40. The van der Waals surface area contributed by atoms with E-state index < -0.39 is 18.0 Å². The molecule has 0 radical (unpaired) electrons. The Morgan fingerprint density at radius 2 is 1.62 bits per heavy atom. The minimum absolute atomic E-state index is 0.291. The Hall–Kier alpha value is -3.17. The normalized spacial score (nSPS) is 11.6. The number of hydrogen-bond acceptors (Lipinski definition) is 6. The molecule has 0 bridgehead atoms. The maximum absolute atomic E-state index is 12.6. The summed E-state index contributed by atoms with van der Waals surface area (Å²) in [6.07, 6.45) is 0.633. The number of nitrogens with zero attached hydrogens (tertiary/aromatic N) is 1. The van der Waals surface area contributed by atoms with Gasteiger partial charge in [0.2, 0.25) is 0 Å². The van der Waals surface area contributed by atoms with E-state index in [4.69, 9.17) is 14.2 Å². The molecule has 1 atom stereocenters. The number of hydrogen-bond donors (Lipinski definition) is 1. The van der Waals surface area contributed by atoms with Crippen LogP contribution in [0.15, 0.2) is 80.8 Å². The third kappa shape index (κ3) is 7.43. The van der Waals surface area contributed by atoms with Crippen LogP contribution in [0.25, 0.3) is 0 Å². The molecule has 0 unspecified atom stereocenters. The van der Waals surface area contributed by atoms with E-state index in [1.165, 1.54) is 6.21 Å². The van der Waals surface area contributed by atoms with Crippen LogP contribution in [-0.2, 0) is 4.79 Å². The standard InChI is InChI=1S/C25H22Br2N2O5/c1-3-32-21-9-4-17(5-10-21)25(31)34-23-13-8-20(27)14-18(23)15-28-29-24(30)16(2)33-22-11-6-19(26)7-12-22/h4-16H,3H2,1-2H3,(H,29,30)/b28-15-/t16-/m1/s1. The van der Waals surface area contributed by atoms with Gasteiger partial charge in [0.1, 0.15) is 17.2 Å². The monoisotopic (exact) mass is 588 g/mol. The second-order valence-corrected chi connectivity index (χ2v) is 8.81. The average Bonchev–Trinajstić information content (AvgIpc) is 2.82. The predicted octanol–water partition coefficient (Wildman–Crippen LogP) is 5.75. The first-order valence-corrected chi connectivity index (χ1v) is 11.9. The van der Waals surface area contributed by atoms with E-state index in [1.54, 1.807) is 61.5 Å². The summed E-state index contributed by atoms with van der Waals surface area (Å²) in [5.74, 6) is 0.567. The topological polar surface area (TPSA) is 86.2 Å². The number of amides is 1. The van der Waals surface area contributed by atoms with Gasteiger partial charge in [-0.15, -0.1) is 0 Å². The SMILES string of the molecule is CCOc1ccc(C(=O)Oc2ccc(Br)cc2/C=N\NC(=O)[C@@H](C)Oc2ccc(Br)cc2)cc1. The summed E-state index contributed by atoms with van der Waals surface area (Å²) >= 11 is 6.74. The van der Waals surface area contributed by atoms with Gasteiger partial charge in [-0.1, -0.05) is 31.9 Å². The number of hydrazone groups is 1. The molecule has 0 heterocycles. The van der Waals surface area contributed by atoms with E-state index >= 15 is 0 Å². The minimum Gasteiger partial charge on any atom is -0.494 e. The molecular weight excluding hydrogens is 568 g/mol. The van der Waals surface area contributed by atoms with E-state index in [-0.39, 0.29) is 0 Å². The van der Waals surface area contributed by atoms with E-state index in [0.717, 1.165) is 8.95 Å². The Bertz CT molecular complexity index is 1160. The van der Waals surface area contributed by atoms with Gasteiger partial charge in [-0.05, 0) is 80.6 Å². The second kappa shape index (κ2) is 12.3. The van der Waals surface area contributed by atoms with Crippen LogP contribution in [-0.4, -0.2) is 30.8 Å². The molecule has 34 heavy (non-hydrogen) atoms. The summed E-state index contributed by atoms with van der Waals surface area (Å²) in [6, 6.07) is 18.9. The largest absolute Gasteiger partial charge is 0.494 e. The highest BCUT2D eigenvalue weighted by molar-refractivity contribution is 9.10. The molecule has 9 heteroatoms. The Kier molecular flexibility index (Phi) is 9.24. The van der Waals surface area contributed by atoms with Gasteiger partial charge in [-0.3, -0.25) is 4.79 Å². The second-order valence-electron chi connectivity index (χ2n) is 6.98. The van der Waals surface area contributed by atoms with Gasteiger partial charge in [0, 0.05) is 14.5 Å². The number of benzene rings is 3. The molecule has 0 fully saturated rings. The molecule has 0 spiro atoms. The number of halogens is 2. The lowest BCUT2D eigenvalue weighted by atomic mass is 10.2. The molecule has 0 saturated heterocycles. The first-order chi connectivity index (χ1) is 16.4.